The van der Waals surface area contributed by atoms with Crippen LogP contribution in [0.5, 0.6) is 0 Å². The van der Waals surface area contributed by atoms with Gasteiger partial charge in [0, 0.05) is 18.0 Å². The van der Waals surface area contributed by atoms with Gasteiger partial charge in [-0.3, -0.25) is 18.7 Å². The number of halogens is 1. The van der Waals surface area contributed by atoms with Crippen LogP contribution in [0.3, 0.4) is 0 Å². The zero-order valence-corrected chi connectivity index (χ0v) is 12.8. The summed E-state index contributed by atoms with van der Waals surface area (Å²) in [6, 6.07) is 5.16. The van der Waals surface area contributed by atoms with Crippen LogP contribution in [0.4, 0.5) is 0 Å². The van der Waals surface area contributed by atoms with Crippen molar-refractivity contribution in [3.8, 4) is 16.9 Å². The molecule has 3 rings (SSSR count). The summed E-state index contributed by atoms with van der Waals surface area (Å²) < 4.78 is 23.2. The second-order valence-electron chi connectivity index (χ2n) is 4.46. The van der Waals surface area contributed by atoms with Gasteiger partial charge < -0.3 is 4.55 Å². The summed E-state index contributed by atoms with van der Waals surface area (Å²) in [7, 11) is 0. The lowest BCUT2D eigenvalue weighted by molar-refractivity contribution is 0.535. The van der Waals surface area contributed by atoms with Gasteiger partial charge in [-0.25, -0.2) is 4.98 Å². The van der Waals surface area contributed by atoms with E-state index in [2.05, 4.69) is 15.0 Å². The number of imidazole rings is 1. The van der Waals surface area contributed by atoms with Gasteiger partial charge in [-0.1, -0.05) is 11.6 Å². The van der Waals surface area contributed by atoms with Crippen LogP contribution >= 0.6 is 11.6 Å². The standard InChI is InChI=1S/C14H11ClN4O2S/c15-13-3-4-16-6-12(13)14-7-17-9-19(14)11-2-1-10(18-5-11)8-22(20)21/h1-7,9H,8H2,(H,20,21)/p-1. The molecule has 6 nitrogen and oxygen atoms in total. The minimum Gasteiger partial charge on any atom is -0.772 e. The number of aromatic nitrogens is 4. The van der Waals surface area contributed by atoms with Gasteiger partial charge >= 0.3 is 0 Å². The summed E-state index contributed by atoms with van der Waals surface area (Å²) in [5, 5.41) is 0.572. The fraction of sp³-hybridized carbons (Fsp3) is 0.0714. The van der Waals surface area contributed by atoms with E-state index in [9.17, 15) is 8.76 Å². The summed E-state index contributed by atoms with van der Waals surface area (Å²) in [5.74, 6) is -0.106. The van der Waals surface area contributed by atoms with E-state index < -0.39 is 11.1 Å². The molecule has 0 aliphatic heterocycles. The molecule has 0 fully saturated rings. The van der Waals surface area contributed by atoms with E-state index in [1.807, 2.05) is 4.57 Å². The van der Waals surface area contributed by atoms with E-state index in [4.69, 9.17) is 11.6 Å². The molecule has 0 bridgehead atoms. The molecular formula is C14H10ClN4O2S-. The maximum Gasteiger partial charge on any atom is 0.0997 e. The molecule has 0 aliphatic carbocycles. The fourth-order valence-electron chi connectivity index (χ4n) is 2.03. The first-order valence-electron chi connectivity index (χ1n) is 6.28. The van der Waals surface area contributed by atoms with E-state index in [1.165, 1.54) is 0 Å². The Labute approximate surface area is 134 Å². The number of rotatable bonds is 4. The van der Waals surface area contributed by atoms with E-state index in [1.54, 1.807) is 49.3 Å². The summed E-state index contributed by atoms with van der Waals surface area (Å²) in [6.45, 7) is 0. The largest absolute Gasteiger partial charge is 0.772 e. The molecular weight excluding hydrogens is 324 g/mol. The first kappa shape index (κ1) is 14.8. The molecule has 3 aromatic heterocycles. The Morgan fingerprint density at radius 3 is 2.73 bits per heavy atom. The van der Waals surface area contributed by atoms with Gasteiger partial charge in [-0.05, 0) is 29.3 Å². The van der Waals surface area contributed by atoms with Crippen LogP contribution in [0.25, 0.3) is 16.9 Å². The molecule has 3 aromatic rings. The lowest BCUT2D eigenvalue weighted by Crippen LogP contribution is -2.00. The zero-order valence-electron chi connectivity index (χ0n) is 11.2. The Morgan fingerprint density at radius 1 is 1.18 bits per heavy atom. The molecule has 0 aliphatic rings. The highest BCUT2D eigenvalue weighted by Gasteiger charge is 2.10. The summed E-state index contributed by atoms with van der Waals surface area (Å²) in [4.78, 5) is 12.4. The predicted octanol–water partition coefficient (Wildman–Crippen LogP) is 2.36. The van der Waals surface area contributed by atoms with E-state index in [0.29, 0.717) is 10.7 Å². The second-order valence-corrected chi connectivity index (χ2v) is 5.76. The van der Waals surface area contributed by atoms with Crippen molar-refractivity contribution in [1.82, 2.24) is 19.5 Å². The van der Waals surface area contributed by atoms with Crippen LogP contribution in [0.1, 0.15) is 5.69 Å². The van der Waals surface area contributed by atoms with Crippen molar-refractivity contribution in [2.24, 2.45) is 0 Å². The van der Waals surface area contributed by atoms with E-state index in [-0.39, 0.29) is 5.75 Å². The van der Waals surface area contributed by atoms with Gasteiger partial charge in [0.15, 0.2) is 0 Å². The first-order chi connectivity index (χ1) is 10.6. The van der Waals surface area contributed by atoms with Crippen LogP contribution in [-0.2, 0) is 16.8 Å². The molecule has 0 radical (unpaired) electrons. The molecule has 8 heteroatoms. The smallest absolute Gasteiger partial charge is 0.0997 e. The number of hydrogen-bond donors (Lipinski definition) is 0. The van der Waals surface area contributed by atoms with Gasteiger partial charge in [0.1, 0.15) is 0 Å². The molecule has 0 amide bonds. The number of pyridine rings is 2. The van der Waals surface area contributed by atoms with Gasteiger partial charge in [0.2, 0.25) is 0 Å². The third-order valence-corrected chi connectivity index (χ3v) is 3.90. The van der Waals surface area contributed by atoms with Crippen LogP contribution in [-0.4, -0.2) is 28.3 Å². The van der Waals surface area contributed by atoms with Gasteiger partial charge in [0.25, 0.3) is 0 Å². The molecule has 22 heavy (non-hydrogen) atoms. The number of nitrogens with zero attached hydrogens (tertiary/aromatic N) is 4. The highest BCUT2D eigenvalue weighted by molar-refractivity contribution is 7.78. The minimum atomic E-state index is -2.15. The van der Waals surface area contributed by atoms with Crippen molar-refractivity contribution in [3.05, 3.63) is 60.0 Å². The third kappa shape index (κ3) is 3.06. The number of hydrogen-bond acceptors (Lipinski definition) is 5. The molecule has 1 unspecified atom stereocenters. The van der Waals surface area contributed by atoms with Crippen molar-refractivity contribution in [2.75, 3.05) is 0 Å². The van der Waals surface area contributed by atoms with Crippen LogP contribution < -0.4 is 0 Å². The zero-order chi connectivity index (χ0) is 15.5. The van der Waals surface area contributed by atoms with Gasteiger partial charge in [0.05, 0.1) is 46.6 Å². The Balaban J connectivity index is 1.99. The molecule has 1 atom stereocenters. The quantitative estimate of drug-likeness (QED) is 0.684. The van der Waals surface area contributed by atoms with Crippen molar-refractivity contribution in [3.63, 3.8) is 0 Å². The average molecular weight is 334 g/mol. The summed E-state index contributed by atoms with van der Waals surface area (Å²) in [6.07, 6.45) is 8.20. The Hall–Kier alpha value is -2.09. The minimum absolute atomic E-state index is 0.106. The summed E-state index contributed by atoms with van der Waals surface area (Å²) in [5.41, 5.74) is 2.78. The summed E-state index contributed by atoms with van der Waals surface area (Å²) >= 11 is 4.04. The van der Waals surface area contributed by atoms with Crippen LogP contribution in [0, 0.1) is 0 Å². The Morgan fingerprint density at radius 2 is 2.05 bits per heavy atom. The van der Waals surface area contributed by atoms with Crippen LogP contribution in [0.15, 0.2) is 49.3 Å². The molecule has 3 heterocycles. The van der Waals surface area contributed by atoms with Gasteiger partial charge in [-0.2, -0.15) is 0 Å². The topological polar surface area (TPSA) is 83.7 Å². The van der Waals surface area contributed by atoms with Gasteiger partial charge in [-0.15, -0.1) is 0 Å². The monoisotopic (exact) mass is 333 g/mol. The second kappa shape index (κ2) is 6.35. The molecule has 0 spiro atoms. The third-order valence-electron chi connectivity index (χ3n) is 3.04. The highest BCUT2D eigenvalue weighted by Crippen LogP contribution is 2.28. The highest BCUT2D eigenvalue weighted by atomic mass is 35.5. The predicted molar refractivity (Wildman–Crippen MR) is 82.2 cm³/mol. The maximum atomic E-state index is 10.7. The lowest BCUT2D eigenvalue weighted by Gasteiger charge is -2.10. The lowest BCUT2D eigenvalue weighted by atomic mass is 10.2. The van der Waals surface area contributed by atoms with E-state index in [0.717, 1.165) is 16.9 Å². The van der Waals surface area contributed by atoms with Crippen LogP contribution in [0.2, 0.25) is 5.02 Å². The van der Waals surface area contributed by atoms with Crippen molar-refractivity contribution in [1.29, 1.82) is 0 Å². The van der Waals surface area contributed by atoms with Crippen molar-refractivity contribution < 1.29 is 8.76 Å². The molecule has 0 N–H and O–H groups in total. The fourth-order valence-corrected chi connectivity index (χ4v) is 2.65. The molecule has 112 valence electrons. The van der Waals surface area contributed by atoms with Crippen molar-refractivity contribution in [2.45, 2.75) is 5.75 Å². The molecule has 0 aromatic carbocycles. The first-order valence-corrected chi connectivity index (χ1v) is 7.91. The average Bonchev–Trinajstić information content (AvgIpc) is 2.97. The normalized spacial score (nSPS) is 12.3. The van der Waals surface area contributed by atoms with E-state index >= 15 is 0 Å². The van der Waals surface area contributed by atoms with Crippen molar-refractivity contribution >= 4 is 22.7 Å². The Bertz CT molecular complexity index is 820. The molecule has 0 saturated heterocycles. The SMILES string of the molecule is O=S([O-])Cc1ccc(-n2cncc2-c2cnccc2Cl)cn1. The molecule has 0 saturated carbocycles. The maximum absolute atomic E-state index is 10.7. The Kier molecular flexibility index (Phi) is 4.28.